The van der Waals surface area contributed by atoms with Gasteiger partial charge >= 0.3 is 0 Å². The summed E-state index contributed by atoms with van der Waals surface area (Å²) in [6, 6.07) is 8.35. The lowest BCUT2D eigenvalue weighted by Crippen LogP contribution is -2.49. The molecule has 2 aliphatic rings. The fraction of sp³-hybridized carbons (Fsp3) is 0.632. The smallest absolute Gasteiger partial charge is 0.191 e. The van der Waals surface area contributed by atoms with E-state index in [2.05, 4.69) is 28.6 Å². The van der Waals surface area contributed by atoms with E-state index in [0.717, 1.165) is 43.9 Å². The Hall–Kier alpha value is -1.02. The Kier molecular flexibility index (Phi) is 7.37. The van der Waals surface area contributed by atoms with Crippen molar-refractivity contribution in [2.75, 3.05) is 20.2 Å². The third kappa shape index (κ3) is 4.78. The van der Waals surface area contributed by atoms with Crippen LogP contribution in [0.5, 0.6) is 5.75 Å². The molecular formula is C19H30IN3O2. The molecule has 1 aliphatic heterocycles. The van der Waals surface area contributed by atoms with Gasteiger partial charge in [0, 0.05) is 31.0 Å². The minimum absolute atomic E-state index is 0. The van der Waals surface area contributed by atoms with Gasteiger partial charge in [-0.1, -0.05) is 38.0 Å². The number of nitrogens with zero attached hydrogens (tertiary/aromatic N) is 1. The summed E-state index contributed by atoms with van der Waals surface area (Å²) in [5.41, 5.74) is 1.10. The van der Waals surface area contributed by atoms with Gasteiger partial charge in [-0.3, -0.25) is 4.99 Å². The molecule has 1 aromatic carbocycles. The summed E-state index contributed by atoms with van der Waals surface area (Å²) in [4.78, 5) is 4.37. The van der Waals surface area contributed by atoms with Crippen molar-refractivity contribution in [3.05, 3.63) is 29.8 Å². The van der Waals surface area contributed by atoms with Crippen LogP contribution in [0.1, 0.15) is 50.6 Å². The van der Waals surface area contributed by atoms with E-state index in [0.29, 0.717) is 6.61 Å². The maximum Gasteiger partial charge on any atom is 0.191 e. The minimum atomic E-state index is -0.235. The number of halogens is 1. The van der Waals surface area contributed by atoms with E-state index in [-0.39, 0.29) is 41.5 Å². The molecule has 3 N–H and O–H groups in total. The summed E-state index contributed by atoms with van der Waals surface area (Å²) < 4.78 is 5.72. The van der Waals surface area contributed by atoms with Crippen molar-refractivity contribution in [2.24, 2.45) is 10.4 Å². The highest BCUT2D eigenvalue weighted by Gasteiger charge is 2.35. The number of benzene rings is 1. The predicted molar refractivity (Wildman–Crippen MR) is 112 cm³/mol. The molecule has 6 heteroatoms. The van der Waals surface area contributed by atoms with Crippen LogP contribution in [0.25, 0.3) is 0 Å². The summed E-state index contributed by atoms with van der Waals surface area (Å²) in [5.74, 6) is 1.74. The fourth-order valence-electron chi connectivity index (χ4n) is 3.73. The Morgan fingerprint density at radius 3 is 2.88 bits per heavy atom. The molecule has 0 spiro atoms. The van der Waals surface area contributed by atoms with Crippen LogP contribution in [0.2, 0.25) is 0 Å². The Morgan fingerprint density at radius 2 is 2.12 bits per heavy atom. The molecule has 140 valence electrons. The summed E-state index contributed by atoms with van der Waals surface area (Å²) in [5, 5.41) is 17.3. The Morgan fingerprint density at radius 1 is 1.32 bits per heavy atom. The van der Waals surface area contributed by atoms with Crippen LogP contribution in [-0.4, -0.2) is 37.4 Å². The predicted octanol–water partition coefficient (Wildman–Crippen LogP) is 3.23. The van der Waals surface area contributed by atoms with E-state index in [1.807, 2.05) is 18.2 Å². The van der Waals surface area contributed by atoms with Gasteiger partial charge < -0.3 is 20.5 Å². The second-order valence-electron chi connectivity index (χ2n) is 7.21. The third-order valence-electron chi connectivity index (χ3n) is 5.43. The molecule has 1 saturated carbocycles. The van der Waals surface area contributed by atoms with Crippen molar-refractivity contribution in [2.45, 2.75) is 51.2 Å². The average Bonchev–Trinajstić information content (AvgIpc) is 2.61. The van der Waals surface area contributed by atoms with Crippen LogP contribution in [0.4, 0.5) is 0 Å². The molecule has 25 heavy (non-hydrogen) atoms. The van der Waals surface area contributed by atoms with Crippen molar-refractivity contribution in [1.29, 1.82) is 0 Å². The summed E-state index contributed by atoms with van der Waals surface area (Å²) in [6.45, 7) is 3.61. The minimum Gasteiger partial charge on any atom is -0.493 e. The monoisotopic (exact) mass is 459 g/mol. The number of hydrogen-bond acceptors (Lipinski definition) is 3. The van der Waals surface area contributed by atoms with Gasteiger partial charge in [0.2, 0.25) is 0 Å². The average molecular weight is 459 g/mol. The molecule has 3 atom stereocenters. The highest BCUT2D eigenvalue weighted by atomic mass is 127. The number of aliphatic imine (C=N–C) groups is 1. The summed E-state index contributed by atoms with van der Waals surface area (Å²) >= 11 is 0. The zero-order chi connectivity index (χ0) is 17.0. The number of ether oxygens (including phenoxy) is 1. The van der Waals surface area contributed by atoms with Crippen molar-refractivity contribution in [3.63, 3.8) is 0 Å². The first kappa shape index (κ1) is 20.3. The SMILES string of the molecule is CN=C(NCC1(C)CCCCC1O)NC1CCOc2ccccc21.I. The molecular weight excluding hydrogens is 429 g/mol. The first-order valence-electron chi connectivity index (χ1n) is 8.99. The Balaban J connectivity index is 0.00000225. The van der Waals surface area contributed by atoms with Crippen molar-refractivity contribution < 1.29 is 9.84 Å². The van der Waals surface area contributed by atoms with Gasteiger partial charge in [-0.25, -0.2) is 0 Å². The molecule has 0 amide bonds. The first-order chi connectivity index (χ1) is 11.6. The molecule has 0 aromatic heterocycles. The van der Waals surface area contributed by atoms with Crippen molar-refractivity contribution in [3.8, 4) is 5.75 Å². The maximum absolute atomic E-state index is 10.3. The first-order valence-corrected chi connectivity index (χ1v) is 8.99. The van der Waals surface area contributed by atoms with E-state index in [1.165, 1.54) is 12.0 Å². The highest BCUT2D eigenvalue weighted by molar-refractivity contribution is 14.0. The molecule has 0 saturated heterocycles. The van der Waals surface area contributed by atoms with Crippen LogP contribution in [0, 0.1) is 5.41 Å². The number of rotatable bonds is 3. The summed E-state index contributed by atoms with van der Waals surface area (Å²) in [6.07, 6.45) is 4.95. The number of fused-ring (bicyclic) bond motifs is 1. The normalized spacial score (nSPS) is 29.0. The quantitative estimate of drug-likeness (QED) is 0.369. The van der Waals surface area contributed by atoms with Crippen LogP contribution >= 0.6 is 24.0 Å². The Labute approximate surface area is 167 Å². The van der Waals surface area contributed by atoms with Gasteiger partial charge in [0.25, 0.3) is 0 Å². The van der Waals surface area contributed by atoms with Gasteiger partial charge in [0.15, 0.2) is 5.96 Å². The lowest BCUT2D eigenvalue weighted by atomic mass is 9.73. The standard InChI is InChI=1S/C19H29N3O2.HI/c1-19(11-6-5-9-17(19)23)13-21-18(20-2)22-15-10-12-24-16-8-4-3-7-14(15)16;/h3-4,7-8,15,17,23H,5-6,9-13H2,1-2H3,(H2,20,21,22);1H. The van der Waals surface area contributed by atoms with Gasteiger partial charge in [-0.2, -0.15) is 0 Å². The van der Waals surface area contributed by atoms with Gasteiger partial charge in [-0.05, 0) is 18.9 Å². The van der Waals surface area contributed by atoms with E-state index >= 15 is 0 Å². The van der Waals surface area contributed by atoms with Crippen LogP contribution in [0.15, 0.2) is 29.3 Å². The largest absolute Gasteiger partial charge is 0.493 e. The molecule has 3 rings (SSSR count). The molecule has 5 nitrogen and oxygen atoms in total. The molecule has 1 aliphatic carbocycles. The Bertz CT molecular complexity index is 596. The molecule has 0 bridgehead atoms. The van der Waals surface area contributed by atoms with Crippen LogP contribution in [0.3, 0.4) is 0 Å². The van der Waals surface area contributed by atoms with E-state index in [4.69, 9.17) is 4.74 Å². The number of hydrogen-bond donors (Lipinski definition) is 3. The zero-order valence-electron chi connectivity index (χ0n) is 15.1. The number of aliphatic hydroxyl groups is 1. The molecule has 1 heterocycles. The van der Waals surface area contributed by atoms with Gasteiger partial charge in [0.1, 0.15) is 5.75 Å². The number of guanidine groups is 1. The van der Waals surface area contributed by atoms with E-state index in [1.54, 1.807) is 7.05 Å². The van der Waals surface area contributed by atoms with Crippen LogP contribution < -0.4 is 15.4 Å². The van der Waals surface area contributed by atoms with Gasteiger partial charge in [-0.15, -0.1) is 24.0 Å². The third-order valence-corrected chi connectivity index (χ3v) is 5.43. The highest BCUT2D eigenvalue weighted by Crippen LogP contribution is 2.35. The van der Waals surface area contributed by atoms with Crippen molar-refractivity contribution >= 4 is 29.9 Å². The lowest BCUT2D eigenvalue weighted by molar-refractivity contribution is 0.00394. The van der Waals surface area contributed by atoms with Crippen LogP contribution in [-0.2, 0) is 0 Å². The number of para-hydroxylation sites is 1. The topological polar surface area (TPSA) is 65.9 Å². The van der Waals surface area contributed by atoms with E-state index in [9.17, 15) is 5.11 Å². The fourth-order valence-corrected chi connectivity index (χ4v) is 3.73. The summed E-state index contributed by atoms with van der Waals surface area (Å²) in [7, 11) is 1.79. The maximum atomic E-state index is 10.3. The van der Waals surface area contributed by atoms with Crippen molar-refractivity contribution in [1.82, 2.24) is 10.6 Å². The van der Waals surface area contributed by atoms with Gasteiger partial charge in [0.05, 0.1) is 18.8 Å². The molecule has 0 radical (unpaired) electrons. The molecule has 1 aromatic rings. The molecule has 1 fully saturated rings. The molecule has 3 unspecified atom stereocenters. The second kappa shape index (κ2) is 9.07. The second-order valence-corrected chi connectivity index (χ2v) is 7.21. The zero-order valence-corrected chi connectivity index (χ0v) is 17.5. The number of nitrogens with one attached hydrogen (secondary N) is 2. The van der Waals surface area contributed by atoms with E-state index < -0.39 is 0 Å². The lowest BCUT2D eigenvalue weighted by Gasteiger charge is -2.39. The number of aliphatic hydroxyl groups excluding tert-OH is 1.